The molecule has 0 aliphatic carbocycles. The monoisotopic (exact) mass is 899 g/mol. The minimum atomic E-state index is -1.26. The molecule has 17 heteroatoms. The minimum Gasteiger partial charge on any atom is -0.489 e. The van der Waals surface area contributed by atoms with E-state index in [2.05, 4.69) is 31.2 Å². The molecule has 0 bridgehead atoms. The third-order valence-electron chi connectivity index (χ3n) is 11.4. The molecule has 1 aliphatic rings. The summed E-state index contributed by atoms with van der Waals surface area (Å²) in [5.74, 6) is -3.63. The number of H-pyrrole nitrogens is 1. The van der Waals surface area contributed by atoms with Crippen LogP contribution in [0.3, 0.4) is 0 Å². The first-order valence-electron chi connectivity index (χ1n) is 22.3. The standard InChI is InChI=1S/C49H57N9O8/c50-49(57-58(64)65)52-27-13-20-41-47(62)56-43(30-36-31-53-40-19-11-10-18-38(36)40)46(61)51-26-12-2-1-9-21-44(59)39(45(60)55-42(48(63)54-41)29-33-14-5-3-6-15-33)28-34-22-24-37(25-23-34)66-32-35-16-7-4-8-17-35/h3-8,10-11,14-19,22-25,31,39,41-43,53H,1-2,9,12-13,20-21,26-30,32H2,(H,51,61)(H,54,63)(H,55,60)(H,56,62)(H3,50,52,57)/t39-,41+,42-,43+/m1/s1. The topological polar surface area (TPSA) is 252 Å². The predicted octanol–water partition coefficient (Wildman–Crippen LogP) is 4.37. The quantitative estimate of drug-likeness (QED) is 0.0207. The van der Waals surface area contributed by atoms with Crippen molar-refractivity contribution in [2.75, 3.05) is 13.1 Å². The number of amides is 4. The van der Waals surface area contributed by atoms with E-state index in [-0.39, 0.29) is 50.9 Å². The van der Waals surface area contributed by atoms with Crippen molar-refractivity contribution in [3.63, 3.8) is 0 Å². The highest BCUT2D eigenvalue weighted by Gasteiger charge is 2.33. The highest BCUT2D eigenvalue weighted by Crippen LogP contribution is 2.22. The van der Waals surface area contributed by atoms with Crippen LogP contribution in [-0.2, 0) is 49.8 Å². The number of aliphatic imine (C=N–C) groups is 1. The van der Waals surface area contributed by atoms with Crippen LogP contribution in [0.15, 0.2) is 120 Å². The number of ketones is 1. The predicted molar refractivity (Wildman–Crippen MR) is 249 cm³/mol. The Bertz CT molecular complexity index is 2440. The molecule has 4 amide bonds. The van der Waals surface area contributed by atoms with E-state index in [1.54, 1.807) is 48.0 Å². The fourth-order valence-corrected chi connectivity index (χ4v) is 7.84. The Labute approximate surface area is 382 Å². The van der Waals surface area contributed by atoms with Gasteiger partial charge in [0.05, 0.1) is 0 Å². The van der Waals surface area contributed by atoms with Crippen molar-refractivity contribution >= 4 is 46.3 Å². The fourth-order valence-electron chi connectivity index (χ4n) is 7.84. The van der Waals surface area contributed by atoms with Crippen molar-refractivity contribution in [3.8, 4) is 5.75 Å². The van der Waals surface area contributed by atoms with E-state index in [0.717, 1.165) is 27.6 Å². The van der Waals surface area contributed by atoms with Gasteiger partial charge in [0.25, 0.3) is 5.96 Å². The van der Waals surface area contributed by atoms with Crippen LogP contribution in [0.25, 0.3) is 10.9 Å². The summed E-state index contributed by atoms with van der Waals surface area (Å²) in [5, 5.41) is 22.4. The first-order chi connectivity index (χ1) is 32.0. The SMILES string of the molecule is NC(=NCCC[C@@H]1NC(=O)[C@@H](Cc2ccccc2)NC(=O)[C@H](Cc2ccc(OCc3ccccc3)cc2)C(=O)CCCCCCNC(=O)[C@H](Cc2c[nH]c3ccccc23)NC1=O)N[N+](=O)[O-]. The number of benzene rings is 4. The van der Waals surface area contributed by atoms with Gasteiger partial charge in [0.1, 0.15) is 42.2 Å². The summed E-state index contributed by atoms with van der Waals surface area (Å²) in [4.78, 5) is 89.2. The molecule has 4 aromatic carbocycles. The summed E-state index contributed by atoms with van der Waals surface area (Å²) in [6.45, 7) is 0.654. The number of fused-ring (bicyclic) bond motifs is 1. The molecule has 8 N–H and O–H groups in total. The number of carbonyl (C=O) groups excluding carboxylic acids is 5. The summed E-state index contributed by atoms with van der Waals surface area (Å²) in [6.07, 6.45) is 4.81. The molecule has 1 aromatic heterocycles. The number of nitrogens with two attached hydrogens (primary N) is 1. The molecule has 17 nitrogen and oxygen atoms in total. The molecule has 4 atom stereocenters. The van der Waals surface area contributed by atoms with E-state index in [1.165, 1.54) is 0 Å². The number of hydrazine groups is 1. The summed E-state index contributed by atoms with van der Waals surface area (Å²) in [6, 6.07) is 30.1. The smallest absolute Gasteiger partial charge is 0.251 e. The van der Waals surface area contributed by atoms with Gasteiger partial charge >= 0.3 is 0 Å². The largest absolute Gasteiger partial charge is 0.489 e. The Morgan fingerprint density at radius 2 is 1.32 bits per heavy atom. The highest BCUT2D eigenvalue weighted by atomic mass is 16.7. The number of aromatic amines is 1. The molecule has 0 spiro atoms. The average Bonchev–Trinajstić information content (AvgIpc) is 3.73. The van der Waals surface area contributed by atoms with E-state index < -0.39 is 58.7 Å². The number of ether oxygens (including phenoxy) is 1. The Hall–Kier alpha value is -7.56. The third-order valence-corrected chi connectivity index (χ3v) is 11.4. The Morgan fingerprint density at radius 3 is 2.06 bits per heavy atom. The van der Waals surface area contributed by atoms with Crippen molar-refractivity contribution < 1.29 is 33.7 Å². The second kappa shape index (κ2) is 24.5. The van der Waals surface area contributed by atoms with Crippen LogP contribution < -0.4 is 37.2 Å². The number of hydrogen-bond acceptors (Lipinski definition) is 9. The first kappa shape index (κ1) is 47.9. The van der Waals surface area contributed by atoms with Crippen molar-refractivity contribution in [3.05, 3.63) is 148 Å². The second-order valence-electron chi connectivity index (χ2n) is 16.3. The molecule has 0 unspecified atom stereocenters. The maximum Gasteiger partial charge on any atom is 0.251 e. The molecule has 346 valence electrons. The van der Waals surface area contributed by atoms with Gasteiger partial charge in [-0.25, -0.2) is 15.1 Å². The van der Waals surface area contributed by atoms with Crippen LogP contribution in [-0.4, -0.2) is 76.6 Å². The zero-order chi connectivity index (χ0) is 46.7. The van der Waals surface area contributed by atoms with E-state index >= 15 is 0 Å². The zero-order valence-electron chi connectivity index (χ0n) is 36.7. The van der Waals surface area contributed by atoms with E-state index in [1.807, 2.05) is 72.8 Å². The number of guanidine groups is 1. The van der Waals surface area contributed by atoms with Gasteiger partial charge in [-0.15, -0.1) is 0 Å². The number of rotatable bonds is 14. The normalized spacial score (nSPS) is 19.6. The second-order valence-corrected chi connectivity index (χ2v) is 16.3. The first-order valence-corrected chi connectivity index (χ1v) is 22.3. The van der Waals surface area contributed by atoms with Crippen LogP contribution in [0.1, 0.15) is 67.2 Å². The van der Waals surface area contributed by atoms with Gasteiger partial charge in [0, 0.05) is 49.5 Å². The molecule has 2 heterocycles. The summed E-state index contributed by atoms with van der Waals surface area (Å²) >= 11 is 0. The number of hydrogen-bond donors (Lipinski definition) is 7. The summed E-state index contributed by atoms with van der Waals surface area (Å²) < 4.78 is 5.96. The molecule has 1 fully saturated rings. The average molecular weight is 900 g/mol. The van der Waals surface area contributed by atoms with Crippen molar-refractivity contribution in [2.24, 2.45) is 16.6 Å². The molecule has 6 rings (SSSR count). The van der Waals surface area contributed by atoms with Crippen LogP contribution in [0.5, 0.6) is 5.75 Å². The Kier molecular flexibility index (Phi) is 17.8. The lowest BCUT2D eigenvalue weighted by Gasteiger charge is -2.26. The van der Waals surface area contributed by atoms with Gasteiger partial charge in [0.2, 0.25) is 23.6 Å². The molecular weight excluding hydrogens is 843 g/mol. The van der Waals surface area contributed by atoms with Gasteiger partial charge in [-0.2, -0.15) is 0 Å². The lowest BCUT2D eigenvalue weighted by atomic mass is 9.90. The molecular formula is C49H57N9O8. The molecule has 1 saturated heterocycles. The summed E-state index contributed by atoms with van der Waals surface area (Å²) in [5.41, 5.74) is 11.5. The number of para-hydroxylation sites is 1. The van der Waals surface area contributed by atoms with Crippen LogP contribution in [0, 0.1) is 16.0 Å². The van der Waals surface area contributed by atoms with E-state index in [0.29, 0.717) is 50.1 Å². The molecule has 66 heavy (non-hydrogen) atoms. The van der Waals surface area contributed by atoms with Crippen molar-refractivity contribution in [2.45, 2.75) is 88.9 Å². The lowest BCUT2D eigenvalue weighted by molar-refractivity contribution is -0.525. The number of aromatic nitrogens is 1. The van der Waals surface area contributed by atoms with Crippen LogP contribution in [0.4, 0.5) is 0 Å². The van der Waals surface area contributed by atoms with Gasteiger partial charge < -0.3 is 36.7 Å². The number of nitrogens with one attached hydrogen (secondary N) is 6. The van der Waals surface area contributed by atoms with E-state index in [4.69, 9.17) is 10.5 Å². The molecule has 1 aliphatic heterocycles. The lowest BCUT2D eigenvalue weighted by Crippen LogP contribution is -2.58. The molecule has 0 saturated carbocycles. The van der Waals surface area contributed by atoms with Gasteiger partial charge in [-0.05, 0) is 72.6 Å². The Morgan fingerprint density at radius 1 is 0.697 bits per heavy atom. The Balaban J connectivity index is 1.27. The number of carbonyl (C=O) groups is 5. The van der Waals surface area contributed by atoms with Crippen LogP contribution >= 0.6 is 0 Å². The van der Waals surface area contributed by atoms with Gasteiger partial charge in [0.15, 0.2) is 5.03 Å². The van der Waals surface area contributed by atoms with Gasteiger partial charge in [-0.3, -0.25) is 24.0 Å². The van der Waals surface area contributed by atoms with Crippen LogP contribution in [0.2, 0.25) is 0 Å². The maximum atomic E-state index is 14.5. The van der Waals surface area contributed by atoms with E-state index in [9.17, 15) is 34.1 Å². The fraction of sp³-hybridized carbons (Fsp3) is 0.347. The number of nitrogens with zero attached hydrogens (tertiary/aromatic N) is 2. The zero-order valence-corrected chi connectivity index (χ0v) is 36.7. The maximum absolute atomic E-state index is 14.5. The summed E-state index contributed by atoms with van der Waals surface area (Å²) in [7, 11) is 0. The molecule has 5 aromatic rings. The third kappa shape index (κ3) is 14.8. The van der Waals surface area contributed by atoms with Gasteiger partial charge in [-0.1, -0.05) is 109 Å². The number of nitro groups is 1. The van der Waals surface area contributed by atoms with Crippen molar-refractivity contribution in [1.82, 2.24) is 31.7 Å². The van der Waals surface area contributed by atoms with Crippen molar-refractivity contribution in [1.29, 1.82) is 0 Å². The highest BCUT2D eigenvalue weighted by molar-refractivity contribution is 6.03. The minimum absolute atomic E-state index is 0.0214. The number of Topliss-reactive ketones (excluding diaryl/α,β-unsaturated/α-hetero) is 1. The molecule has 0 radical (unpaired) electrons.